The van der Waals surface area contributed by atoms with Crippen molar-refractivity contribution >= 4 is 6.29 Å². The summed E-state index contributed by atoms with van der Waals surface area (Å²) in [5.41, 5.74) is 0.0426. The normalized spacial score (nSPS) is 25.4. The summed E-state index contributed by atoms with van der Waals surface area (Å²) in [4.78, 5) is 10.8. The van der Waals surface area contributed by atoms with Crippen LogP contribution in [0.25, 0.3) is 0 Å². The van der Waals surface area contributed by atoms with Gasteiger partial charge in [0.1, 0.15) is 12.0 Å². The van der Waals surface area contributed by atoms with Gasteiger partial charge in [-0.05, 0) is 5.56 Å². The first-order valence-corrected chi connectivity index (χ1v) is 5.03. The van der Waals surface area contributed by atoms with Crippen molar-refractivity contribution in [1.29, 1.82) is 0 Å². The lowest BCUT2D eigenvalue weighted by atomic mass is 9.93. The minimum Gasteiger partial charge on any atom is -0.378 e. The Hall–Kier alpha value is -1.22. The highest BCUT2D eigenvalue weighted by molar-refractivity contribution is 5.77. The van der Waals surface area contributed by atoms with Crippen LogP contribution in [0.5, 0.6) is 0 Å². The van der Waals surface area contributed by atoms with Gasteiger partial charge in [-0.25, -0.2) is 4.39 Å². The van der Waals surface area contributed by atoms with Crippen LogP contribution in [0.3, 0.4) is 0 Å². The molecule has 1 aliphatic rings. The molecule has 0 radical (unpaired) electrons. The molecule has 0 aromatic heterocycles. The minimum absolute atomic E-state index is 0.139. The Morgan fingerprint density at radius 1 is 1.47 bits per heavy atom. The van der Waals surface area contributed by atoms with Crippen LogP contribution in [0.4, 0.5) is 4.39 Å². The monoisotopic (exact) mass is 208 g/mol. The van der Waals surface area contributed by atoms with Crippen molar-refractivity contribution in [3.63, 3.8) is 0 Å². The molecular formula is C12H13FO2. The van der Waals surface area contributed by atoms with Gasteiger partial charge >= 0.3 is 0 Å². The maximum absolute atomic E-state index is 14.1. The molecule has 2 nitrogen and oxygen atoms in total. The molecule has 1 unspecified atom stereocenters. The third-order valence-electron chi connectivity index (χ3n) is 2.74. The Kier molecular flexibility index (Phi) is 2.82. The van der Waals surface area contributed by atoms with Gasteiger partial charge in [0.05, 0.1) is 6.61 Å². The summed E-state index contributed by atoms with van der Waals surface area (Å²) < 4.78 is 19.1. The van der Waals surface area contributed by atoms with Crippen molar-refractivity contribution in [2.45, 2.75) is 18.5 Å². The van der Waals surface area contributed by atoms with E-state index in [4.69, 9.17) is 4.74 Å². The number of ether oxygens (including phenoxy) is 1. The lowest BCUT2D eigenvalue weighted by Gasteiger charge is -2.17. The van der Waals surface area contributed by atoms with Crippen molar-refractivity contribution in [2.24, 2.45) is 0 Å². The van der Waals surface area contributed by atoms with Crippen molar-refractivity contribution in [2.75, 3.05) is 13.2 Å². The first kappa shape index (κ1) is 10.3. The number of hydrogen-bond donors (Lipinski definition) is 0. The number of halogens is 1. The van der Waals surface area contributed by atoms with E-state index in [0.29, 0.717) is 18.6 Å². The topological polar surface area (TPSA) is 26.3 Å². The first-order valence-electron chi connectivity index (χ1n) is 5.03. The van der Waals surface area contributed by atoms with Crippen molar-refractivity contribution in [3.05, 3.63) is 35.4 Å². The van der Waals surface area contributed by atoms with Gasteiger partial charge in [0.15, 0.2) is 0 Å². The van der Waals surface area contributed by atoms with Crippen LogP contribution in [-0.2, 0) is 11.2 Å². The molecule has 0 N–H and O–H groups in total. The maximum Gasteiger partial charge on any atom is 0.150 e. The molecule has 0 bridgehead atoms. The molecule has 0 aliphatic carbocycles. The number of hydrogen-bond acceptors (Lipinski definition) is 2. The Labute approximate surface area is 88.1 Å². The second-order valence-electron chi connectivity index (χ2n) is 3.95. The van der Waals surface area contributed by atoms with E-state index < -0.39 is 5.67 Å². The van der Waals surface area contributed by atoms with Crippen molar-refractivity contribution in [1.82, 2.24) is 0 Å². The smallest absolute Gasteiger partial charge is 0.150 e. The lowest BCUT2D eigenvalue weighted by molar-refractivity contribution is 0.109. The molecule has 1 atom stereocenters. The molecule has 0 amide bonds. The van der Waals surface area contributed by atoms with E-state index in [2.05, 4.69) is 0 Å². The molecular weight excluding hydrogens is 195 g/mol. The maximum atomic E-state index is 14.1. The zero-order chi connectivity index (χ0) is 10.7. The molecule has 15 heavy (non-hydrogen) atoms. The van der Waals surface area contributed by atoms with Crippen LogP contribution in [0.1, 0.15) is 22.3 Å². The van der Waals surface area contributed by atoms with Crippen LogP contribution in [-0.4, -0.2) is 25.2 Å². The van der Waals surface area contributed by atoms with E-state index in [1.54, 1.807) is 18.2 Å². The van der Waals surface area contributed by atoms with Crippen LogP contribution in [0, 0.1) is 0 Å². The van der Waals surface area contributed by atoms with Crippen LogP contribution in [0.15, 0.2) is 24.3 Å². The second kappa shape index (κ2) is 4.11. The Morgan fingerprint density at radius 2 is 2.27 bits per heavy atom. The summed E-state index contributed by atoms with van der Waals surface area (Å²) in [6.45, 7) is 0.611. The third-order valence-corrected chi connectivity index (χ3v) is 2.74. The standard InChI is InChI=1S/C12H13FO2/c13-12(5-6-15-9-12)7-10-3-1-2-4-11(10)8-14/h1-4,8H,5-7,9H2. The van der Waals surface area contributed by atoms with E-state index in [1.165, 1.54) is 0 Å². The predicted octanol–water partition coefficient (Wildman–Crippen LogP) is 2.17. The molecule has 1 aliphatic heterocycles. The molecule has 2 rings (SSSR count). The van der Waals surface area contributed by atoms with E-state index in [-0.39, 0.29) is 13.0 Å². The van der Waals surface area contributed by atoms with E-state index in [9.17, 15) is 9.18 Å². The molecule has 1 aromatic carbocycles. The van der Waals surface area contributed by atoms with Gasteiger partial charge in [0.2, 0.25) is 0 Å². The fraction of sp³-hybridized carbons (Fsp3) is 0.417. The fourth-order valence-electron chi connectivity index (χ4n) is 1.87. The first-order chi connectivity index (χ1) is 7.23. The SMILES string of the molecule is O=Cc1ccccc1CC1(F)CCOC1. The summed E-state index contributed by atoms with van der Waals surface area (Å²) in [5.74, 6) is 0. The highest BCUT2D eigenvalue weighted by Gasteiger charge is 2.35. The number of rotatable bonds is 3. The fourth-order valence-corrected chi connectivity index (χ4v) is 1.87. The largest absolute Gasteiger partial charge is 0.378 e. The molecule has 1 aromatic rings. The van der Waals surface area contributed by atoms with Crippen LogP contribution >= 0.6 is 0 Å². The highest BCUT2D eigenvalue weighted by Crippen LogP contribution is 2.28. The molecule has 3 heteroatoms. The average Bonchev–Trinajstić information content (AvgIpc) is 2.66. The van der Waals surface area contributed by atoms with Gasteiger partial charge in [-0.3, -0.25) is 4.79 Å². The van der Waals surface area contributed by atoms with Gasteiger partial charge < -0.3 is 4.74 Å². The Bertz CT molecular complexity index is 356. The summed E-state index contributed by atoms with van der Waals surface area (Å²) >= 11 is 0. The second-order valence-corrected chi connectivity index (χ2v) is 3.95. The zero-order valence-corrected chi connectivity index (χ0v) is 8.41. The summed E-state index contributed by atoms with van der Waals surface area (Å²) in [7, 11) is 0. The van der Waals surface area contributed by atoms with Gasteiger partial charge in [-0.15, -0.1) is 0 Å². The van der Waals surface area contributed by atoms with Gasteiger partial charge in [-0.1, -0.05) is 24.3 Å². The summed E-state index contributed by atoms with van der Waals surface area (Å²) in [5, 5.41) is 0. The van der Waals surface area contributed by atoms with E-state index in [1.807, 2.05) is 6.07 Å². The minimum atomic E-state index is -1.29. The third kappa shape index (κ3) is 2.23. The number of benzene rings is 1. The van der Waals surface area contributed by atoms with E-state index in [0.717, 1.165) is 11.8 Å². The molecule has 80 valence electrons. The number of alkyl halides is 1. The lowest BCUT2D eigenvalue weighted by Crippen LogP contribution is -2.26. The van der Waals surface area contributed by atoms with Crippen molar-refractivity contribution < 1.29 is 13.9 Å². The molecule has 1 heterocycles. The van der Waals surface area contributed by atoms with Crippen LogP contribution in [0.2, 0.25) is 0 Å². The number of carbonyl (C=O) groups is 1. The Balaban J connectivity index is 2.19. The number of aldehydes is 1. The Morgan fingerprint density at radius 3 is 2.93 bits per heavy atom. The van der Waals surface area contributed by atoms with Crippen LogP contribution < -0.4 is 0 Å². The zero-order valence-electron chi connectivity index (χ0n) is 8.41. The van der Waals surface area contributed by atoms with Gasteiger partial charge in [0.25, 0.3) is 0 Å². The molecule has 0 spiro atoms. The molecule has 1 saturated heterocycles. The van der Waals surface area contributed by atoms with Crippen molar-refractivity contribution in [3.8, 4) is 0 Å². The molecule has 1 fully saturated rings. The average molecular weight is 208 g/mol. The summed E-state index contributed by atoms with van der Waals surface area (Å²) in [6.07, 6.45) is 1.45. The van der Waals surface area contributed by atoms with Gasteiger partial charge in [0, 0.05) is 25.0 Å². The predicted molar refractivity (Wildman–Crippen MR) is 54.8 cm³/mol. The van der Waals surface area contributed by atoms with E-state index >= 15 is 0 Å². The highest BCUT2D eigenvalue weighted by atomic mass is 19.1. The number of carbonyl (C=O) groups excluding carboxylic acids is 1. The molecule has 0 saturated carbocycles. The quantitative estimate of drug-likeness (QED) is 0.711. The summed E-state index contributed by atoms with van der Waals surface area (Å²) in [6, 6.07) is 7.11. The van der Waals surface area contributed by atoms with Gasteiger partial charge in [-0.2, -0.15) is 0 Å².